The predicted octanol–water partition coefficient (Wildman–Crippen LogP) is 0.420. The standard InChI is InChI=1S/C10H16N2O2/c1-7(11)6-14-10-8(2)12(3)5-4-9(10)13/h4-5,7H,6,11H2,1-3H3. The van der Waals surface area contributed by atoms with Crippen LogP contribution in [-0.2, 0) is 7.05 Å². The van der Waals surface area contributed by atoms with Crippen molar-refractivity contribution in [1.29, 1.82) is 0 Å². The predicted molar refractivity (Wildman–Crippen MR) is 55.6 cm³/mol. The lowest BCUT2D eigenvalue weighted by molar-refractivity contribution is 0.289. The van der Waals surface area contributed by atoms with Crippen LogP contribution in [0.25, 0.3) is 0 Å². The number of rotatable bonds is 3. The van der Waals surface area contributed by atoms with E-state index in [-0.39, 0.29) is 11.5 Å². The summed E-state index contributed by atoms with van der Waals surface area (Å²) >= 11 is 0. The van der Waals surface area contributed by atoms with Gasteiger partial charge in [0.05, 0.1) is 5.69 Å². The fourth-order valence-corrected chi connectivity index (χ4v) is 1.10. The first-order chi connectivity index (χ1) is 6.52. The van der Waals surface area contributed by atoms with Crippen molar-refractivity contribution >= 4 is 0 Å². The average Bonchev–Trinajstić information content (AvgIpc) is 2.11. The molecule has 0 aromatic carbocycles. The van der Waals surface area contributed by atoms with Gasteiger partial charge in [-0.25, -0.2) is 0 Å². The molecule has 4 nitrogen and oxygen atoms in total. The van der Waals surface area contributed by atoms with E-state index in [0.29, 0.717) is 12.4 Å². The van der Waals surface area contributed by atoms with Crippen molar-refractivity contribution in [3.63, 3.8) is 0 Å². The van der Waals surface area contributed by atoms with Crippen LogP contribution < -0.4 is 15.9 Å². The maximum Gasteiger partial charge on any atom is 0.223 e. The Labute approximate surface area is 83.3 Å². The molecule has 0 aliphatic carbocycles. The number of hydrogen-bond acceptors (Lipinski definition) is 3. The Morgan fingerprint density at radius 3 is 2.86 bits per heavy atom. The zero-order chi connectivity index (χ0) is 10.7. The first-order valence-corrected chi connectivity index (χ1v) is 4.57. The fourth-order valence-electron chi connectivity index (χ4n) is 1.10. The Morgan fingerprint density at radius 1 is 1.64 bits per heavy atom. The van der Waals surface area contributed by atoms with Crippen LogP contribution in [-0.4, -0.2) is 17.2 Å². The minimum Gasteiger partial charge on any atom is -0.486 e. The Kier molecular flexibility index (Phi) is 3.30. The monoisotopic (exact) mass is 196 g/mol. The zero-order valence-electron chi connectivity index (χ0n) is 8.78. The molecule has 1 atom stereocenters. The normalized spacial score (nSPS) is 12.6. The van der Waals surface area contributed by atoms with Crippen LogP contribution in [0.3, 0.4) is 0 Å². The van der Waals surface area contributed by atoms with Crippen LogP contribution in [0.1, 0.15) is 12.6 Å². The number of ether oxygens (including phenoxy) is 1. The van der Waals surface area contributed by atoms with Crippen LogP contribution >= 0.6 is 0 Å². The molecule has 0 fully saturated rings. The first kappa shape index (κ1) is 10.8. The smallest absolute Gasteiger partial charge is 0.223 e. The van der Waals surface area contributed by atoms with Crippen molar-refractivity contribution in [2.75, 3.05) is 6.61 Å². The summed E-state index contributed by atoms with van der Waals surface area (Å²) in [5.41, 5.74) is 6.27. The third-order valence-corrected chi connectivity index (χ3v) is 2.02. The third kappa shape index (κ3) is 2.35. The van der Waals surface area contributed by atoms with Gasteiger partial charge in [-0.2, -0.15) is 0 Å². The second-order valence-electron chi connectivity index (χ2n) is 3.49. The van der Waals surface area contributed by atoms with Gasteiger partial charge in [0.25, 0.3) is 0 Å². The second kappa shape index (κ2) is 4.28. The summed E-state index contributed by atoms with van der Waals surface area (Å²) in [5, 5.41) is 0. The lowest BCUT2D eigenvalue weighted by atomic mass is 10.3. The summed E-state index contributed by atoms with van der Waals surface area (Å²) in [4.78, 5) is 11.4. The molecule has 0 saturated heterocycles. The van der Waals surface area contributed by atoms with Crippen LogP contribution in [0.15, 0.2) is 17.1 Å². The van der Waals surface area contributed by atoms with Crippen molar-refractivity contribution in [2.24, 2.45) is 12.8 Å². The number of nitrogens with zero attached hydrogens (tertiary/aromatic N) is 1. The summed E-state index contributed by atoms with van der Waals surface area (Å²) in [6.07, 6.45) is 1.72. The molecule has 2 N–H and O–H groups in total. The lowest BCUT2D eigenvalue weighted by Crippen LogP contribution is -2.26. The number of hydrogen-bond donors (Lipinski definition) is 1. The van der Waals surface area contributed by atoms with Gasteiger partial charge < -0.3 is 15.0 Å². The van der Waals surface area contributed by atoms with E-state index < -0.39 is 0 Å². The molecule has 1 aromatic heterocycles. The van der Waals surface area contributed by atoms with E-state index in [1.54, 1.807) is 6.20 Å². The van der Waals surface area contributed by atoms with Gasteiger partial charge in [0, 0.05) is 25.4 Å². The minimum atomic E-state index is -0.0961. The molecule has 0 bridgehead atoms. The molecule has 1 heterocycles. The number of aryl methyl sites for hydroxylation is 1. The van der Waals surface area contributed by atoms with Gasteiger partial charge in [0.15, 0.2) is 5.75 Å². The molecule has 78 valence electrons. The summed E-state index contributed by atoms with van der Waals surface area (Å²) in [6.45, 7) is 4.04. The maximum atomic E-state index is 11.4. The highest BCUT2D eigenvalue weighted by Gasteiger charge is 2.07. The van der Waals surface area contributed by atoms with Crippen LogP contribution in [0.5, 0.6) is 5.75 Å². The van der Waals surface area contributed by atoms with E-state index in [4.69, 9.17) is 10.5 Å². The molecular formula is C10H16N2O2. The molecule has 0 aliphatic heterocycles. The van der Waals surface area contributed by atoms with E-state index in [1.807, 2.05) is 25.5 Å². The van der Waals surface area contributed by atoms with Gasteiger partial charge >= 0.3 is 0 Å². The summed E-state index contributed by atoms with van der Waals surface area (Å²) in [6, 6.07) is 1.42. The minimum absolute atomic E-state index is 0.0701. The largest absolute Gasteiger partial charge is 0.486 e. The Morgan fingerprint density at radius 2 is 2.29 bits per heavy atom. The van der Waals surface area contributed by atoms with Crippen molar-refractivity contribution in [2.45, 2.75) is 19.9 Å². The number of pyridine rings is 1. The Balaban J connectivity index is 2.95. The Bertz CT molecular complexity index is 369. The molecule has 4 heteroatoms. The van der Waals surface area contributed by atoms with Crippen molar-refractivity contribution in [1.82, 2.24) is 4.57 Å². The van der Waals surface area contributed by atoms with Crippen molar-refractivity contribution < 1.29 is 4.74 Å². The van der Waals surface area contributed by atoms with Crippen LogP contribution in [0.4, 0.5) is 0 Å². The molecule has 14 heavy (non-hydrogen) atoms. The molecule has 0 aliphatic rings. The highest BCUT2D eigenvalue weighted by atomic mass is 16.5. The van der Waals surface area contributed by atoms with Crippen LogP contribution in [0, 0.1) is 6.92 Å². The van der Waals surface area contributed by atoms with Gasteiger partial charge in [0.1, 0.15) is 6.61 Å². The SMILES string of the molecule is Cc1c(OCC(C)N)c(=O)ccn1C. The van der Waals surface area contributed by atoms with Gasteiger partial charge in [-0.15, -0.1) is 0 Å². The Hall–Kier alpha value is -1.29. The molecule has 1 unspecified atom stereocenters. The number of nitrogens with two attached hydrogens (primary N) is 1. The molecule has 1 aromatic rings. The first-order valence-electron chi connectivity index (χ1n) is 4.57. The van der Waals surface area contributed by atoms with Gasteiger partial charge in [0.2, 0.25) is 5.43 Å². The van der Waals surface area contributed by atoms with Gasteiger partial charge in [-0.3, -0.25) is 4.79 Å². The van der Waals surface area contributed by atoms with E-state index in [1.165, 1.54) is 6.07 Å². The van der Waals surface area contributed by atoms with Crippen LogP contribution in [0.2, 0.25) is 0 Å². The quantitative estimate of drug-likeness (QED) is 0.762. The second-order valence-corrected chi connectivity index (χ2v) is 3.49. The number of aromatic nitrogens is 1. The third-order valence-electron chi connectivity index (χ3n) is 2.02. The molecule has 0 spiro atoms. The van der Waals surface area contributed by atoms with E-state index in [2.05, 4.69) is 0 Å². The molecule has 0 radical (unpaired) electrons. The molecular weight excluding hydrogens is 180 g/mol. The van der Waals surface area contributed by atoms with E-state index in [9.17, 15) is 4.79 Å². The topological polar surface area (TPSA) is 57.2 Å². The highest BCUT2D eigenvalue weighted by Crippen LogP contribution is 2.10. The highest BCUT2D eigenvalue weighted by molar-refractivity contribution is 5.26. The summed E-state index contributed by atoms with van der Waals surface area (Å²) in [7, 11) is 1.87. The average molecular weight is 196 g/mol. The van der Waals surface area contributed by atoms with Crippen molar-refractivity contribution in [3.8, 4) is 5.75 Å². The fraction of sp³-hybridized carbons (Fsp3) is 0.500. The summed E-state index contributed by atoms with van der Waals surface area (Å²) < 4.78 is 7.20. The van der Waals surface area contributed by atoms with Gasteiger partial charge in [-0.05, 0) is 13.8 Å². The van der Waals surface area contributed by atoms with Gasteiger partial charge in [-0.1, -0.05) is 0 Å². The molecule has 0 saturated carbocycles. The van der Waals surface area contributed by atoms with Crippen molar-refractivity contribution in [3.05, 3.63) is 28.2 Å². The van der Waals surface area contributed by atoms with E-state index in [0.717, 1.165) is 5.69 Å². The van der Waals surface area contributed by atoms with E-state index >= 15 is 0 Å². The molecule has 0 amide bonds. The molecule has 1 rings (SSSR count). The zero-order valence-corrected chi connectivity index (χ0v) is 8.78. The summed E-state index contributed by atoms with van der Waals surface area (Å²) in [5.74, 6) is 0.396. The maximum absolute atomic E-state index is 11.4. The lowest BCUT2D eigenvalue weighted by Gasteiger charge is -2.12.